The molecule has 0 aromatic heterocycles. The van der Waals surface area contributed by atoms with Crippen molar-refractivity contribution in [1.82, 2.24) is 15.1 Å². The maximum Gasteiger partial charge on any atom is 0.330 e. The monoisotopic (exact) mass is 446 g/mol. The van der Waals surface area contributed by atoms with Gasteiger partial charge in [-0.1, -0.05) is 0 Å². The second-order valence-electron chi connectivity index (χ2n) is 7.30. The average Bonchev–Trinajstić information content (AvgIpc) is 3.19. The van der Waals surface area contributed by atoms with E-state index in [1.807, 2.05) is 0 Å². The summed E-state index contributed by atoms with van der Waals surface area (Å²) in [6.45, 7) is 1.70. The van der Waals surface area contributed by atoms with E-state index in [0.29, 0.717) is 11.3 Å². The number of hydrogen-bond acceptors (Lipinski definition) is 4. The van der Waals surface area contributed by atoms with Crippen LogP contribution >= 0.6 is 0 Å². The van der Waals surface area contributed by atoms with Gasteiger partial charge in [-0.2, -0.15) is 0 Å². The highest BCUT2D eigenvalue weighted by Gasteiger charge is 2.41. The van der Waals surface area contributed by atoms with Crippen molar-refractivity contribution in [2.45, 2.75) is 13.0 Å². The van der Waals surface area contributed by atoms with Crippen molar-refractivity contribution in [3.8, 4) is 0 Å². The van der Waals surface area contributed by atoms with Crippen LogP contribution in [0.15, 0.2) is 39.2 Å². The zero-order valence-corrected chi connectivity index (χ0v) is 17.3. The third-order valence-electron chi connectivity index (χ3n) is 5.19. The molecule has 7 nitrogen and oxygen atoms in total. The number of hydrogen-bond donors (Lipinski definition) is 1. The number of nitrogens with one attached hydrogen (secondary N) is 1. The number of guanidine groups is 2. The molecule has 0 aliphatic carbocycles. The van der Waals surface area contributed by atoms with Crippen LogP contribution in [-0.2, 0) is 0 Å². The van der Waals surface area contributed by atoms with Crippen molar-refractivity contribution in [3.63, 3.8) is 0 Å². The molecule has 166 valence electrons. The Bertz CT molecular complexity index is 1190. The number of urea groups is 1. The van der Waals surface area contributed by atoms with Crippen molar-refractivity contribution >= 4 is 29.9 Å². The molecule has 32 heavy (non-hydrogen) atoms. The van der Waals surface area contributed by atoms with Gasteiger partial charge in [-0.15, -0.1) is 0 Å². The highest BCUT2D eigenvalue weighted by atomic mass is 19.2. The summed E-state index contributed by atoms with van der Waals surface area (Å²) in [6, 6.07) is 3.24. The van der Waals surface area contributed by atoms with Crippen LogP contribution in [-0.4, -0.2) is 54.6 Å². The Kier molecular flexibility index (Phi) is 5.41. The van der Waals surface area contributed by atoms with Gasteiger partial charge in [0.25, 0.3) is 0 Å². The fourth-order valence-corrected chi connectivity index (χ4v) is 3.56. The van der Waals surface area contributed by atoms with Crippen LogP contribution in [0.5, 0.6) is 0 Å². The van der Waals surface area contributed by atoms with E-state index in [1.54, 1.807) is 6.92 Å². The SMILES string of the molecule is CN=Cc1cc(N=C2NC(=O)N(C)C3=NCC(c4cc(F)c(F)c(F)c4)N23)c(C)cc1F. The van der Waals surface area contributed by atoms with E-state index in [4.69, 9.17) is 0 Å². The van der Waals surface area contributed by atoms with E-state index < -0.39 is 35.3 Å². The molecule has 1 atom stereocenters. The van der Waals surface area contributed by atoms with E-state index in [9.17, 15) is 22.4 Å². The number of carbonyl (C=O) groups is 1. The largest absolute Gasteiger partial charge is 0.330 e. The molecular weight excluding hydrogens is 428 g/mol. The fraction of sp³-hybridized carbons (Fsp3) is 0.238. The lowest BCUT2D eigenvalue weighted by atomic mass is 10.1. The van der Waals surface area contributed by atoms with Crippen LogP contribution in [0.4, 0.5) is 28.0 Å². The van der Waals surface area contributed by atoms with Gasteiger partial charge in [0.15, 0.2) is 17.5 Å². The van der Waals surface area contributed by atoms with Gasteiger partial charge in [0.2, 0.25) is 11.9 Å². The summed E-state index contributed by atoms with van der Waals surface area (Å²) in [5.74, 6) is -4.48. The Morgan fingerprint density at radius 2 is 1.81 bits per heavy atom. The second kappa shape index (κ2) is 8.06. The van der Waals surface area contributed by atoms with Crippen LogP contribution < -0.4 is 5.32 Å². The molecular formula is C21H18F4N6O. The van der Waals surface area contributed by atoms with Crippen LogP contribution in [0.2, 0.25) is 0 Å². The lowest BCUT2D eigenvalue weighted by Crippen LogP contribution is -2.61. The molecule has 2 aliphatic heterocycles. The van der Waals surface area contributed by atoms with Crippen molar-refractivity contribution in [2.75, 3.05) is 20.6 Å². The Morgan fingerprint density at radius 1 is 1.12 bits per heavy atom. The smallest absolute Gasteiger partial charge is 0.296 e. The number of halogens is 4. The second-order valence-corrected chi connectivity index (χ2v) is 7.30. The molecule has 2 amide bonds. The minimum atomic E-state index is -1.57. The van der Waals surface area contributed by atoms with Gasteiger partial charge in [0.05, 0.1) is 18.3 Å². The van der Waals surface area contributed by atoms with E-state index in [2.05, 4.69) is 20.3 Å². The summed E-state index contributed by atoms with van der Waals surface area (Å²) < 4.78 is 55.4. The Labute approximate surface area is 180 Å². The van der Waals surface area contributed by atoms with Crippen molar-refractivity contribution in [3.05, 3.63) is 64.2 Å². The first kappa shape index (κ1) is 21.5. The van der Waals surface area contributed by atoms with Crippen molar-refractivity contribution in [1.29, 1.82) is 0 Å². The summed E-state index contributed by atoms with van der Waals surface area (Å²) in [7, 11) is 2.98. The number of rotatable bonds is 3. The van der Waals surface area contributed by atoms with Crippen LogP contribution in [0.25, 0.3) is 0 Å². The van der Waals surface area contributed by atoms with Gasteiger partial charge in [0, 0.05) is 25.9 Å². The molecule has 2 aromatic rings. The number of fused-ring (bicyclic) bond motifs is 1. The molecule has 1 N–H and O–H groups in total. The van der Waals surface area contributed by atoms with Gasteiger partial charge in [0.1, 0.15) is 5.82 Å². The highest BCUT2D eigenvalue weighted by molar-refractivity contribution is 6.16. The molecule has 2 aromatic carbocycles. The predicted octanol–water partition coefficient (Wildman–Crippen LogP) is 3.66. The first-order chi connectivity index (χ1) is 15.2. The number of aliphatic imine (C=N–C) groups is 3. The predicted molar refractivity (Wildman–Crippen MR) is 111 cm³/mol. The number of benzene rings is 2. The standard InChI is InChI=1S/C21H18F4N6O/c1-10-4-13(22)12(8-26-2)7-16(10)28-19-29-21(32)30(3)20-27-9-17(31(19)20)11-5-14(23)18(25)15(24)6-11/h4-8,17H,9H2,1-3H3,(H,28,29,32). The third-order valence-corrected chi connectivity index (χ3v) is 5.19. The number of nitrogens with zero attached hydrogens (tertiary/aromatic N) is 5. The van der Waals surface area contributed by atoms with Gasteiger partial charge in [-0.05, 0) is 42.3 Å². The minimum Gasteiger partial charge on any atom is -0.296 e. The molecule has 1 unspecified atom stereocenters. The fourth-order valence-electron chi connectivity index (χ4n) is 3.56. The van der Waals surface area contributed by atoms with E-state index in [0.717, 1.165) is 12.1 Å². The molecule has 0 spiro atoms. The van der Waals surface area contributed by atoms with E-state index in [1.165, 1.54) is 42.2 Å². The topological polar surface area (TPSA) is 72.7 Å². The molecule has 0 bridgehead atoms. The van der Waals surface area contributed by atoms with E-state index in [-0.39, 0.29) is 29.6 Å². The van der Waals surface area contributed by atoms with Crippen LogP contribution in [0, 0.1) is 30.2 Å². The number of amides is 2. The molecule has 2 heterocycles. The maximum atomic E-state index is 14.2. The summed E-state index contributed by atoms with van der Waals surface area (Å²) >= 11 is 0. The number of carbonyl (C=O) groups excluding carboxylic acids is 1. The minimum absolute atomic E-state index is 0.0357. The molecule has 1 saturated heterocycles. The zero-order chi connectivity index (χ0) is 23.2. The summed E-state index contributed by atoms with van der Waals surface area (Å²) in [6.07, 6.45) is 1.33. The highest BCUT2D eigenvalue weighted by Crippen LogP contribution is 2.32. The van der Waals surface area contributed by atoms with Gasteiger partial charge >= 0.3 is 6.03 Å². The molecule has 0 saturated carbocycles. The first-order valence-corrected chi connectivity index (χ1v) is 9.55. The summed E-state index contributed by atoms with van der Waals surface area (Å²) in [4.78, 5) is 27.7. The van der Waals surface area contributed by atoms with Gasteiger partial charge in [-0.25, -0.2) is 32.3 Å². The molecule has 1 fully saturated rings. The quantitative estimate of drug-likeness (QED) is 0.444. The average molecular weight is 446 g/mol. The zero-order valence-electron chi connectivity index (χ0n) is 17.3. The van der Waals surface area contributed by atoms with Crippen LogP contribution in [0.3, 0.4) is 0 Å². The molecule has 4 rings (SSSR count). The Morgan fingerprint density at radius 3 is 2.47 bits per heavy atom. The normalized spacial score (nSPS) is 19.6. The van der Waals surface area contributed by atoms with E-state index >= 15 is 0 Å². The Balaban J connectivity index is 1.82. The molecule has 0 radical (unpaired) electrons. The number of aryl methyl sites for hydroxylation is 1. The summed E-state index contributed by atoms with van der Waals surface area (Å²) in [5.41, 5.74) is 1.16. The van der Waals surface area contributed by atoms with Gasteiger partial charge in [-0.3, -0.25) is 20.1 Å². The maximum absolute atomic E-state index is 14.2. The first-order valence-electron chi connectivity index (χ1n) is 9.55. The Hall–Kier alpha value is -3.76. The lowest BCUT2D eigenvalue weighted by molar-refractivity contribution is 0.222. The van der Waals surface area contributed by atoms with Crippen molar-refractivity contribution in [2.24, 2.45) is 15.0 Å². The van der Waals surface area contributed by atoms with Crippen molar-refractivity contribution < 1.29 is 22.4 Å². The summed E-state index contributed by atoms with van der Waals surface area (Å²) in [5, 5.41) is 2.61. The lowest BCUT2D eigenvalue weighted by Gasteiger charge is -2.36. The molecule has 11 heteroatoms. The molecule has 2 aliphatic rings. The van der Waals surface area contributed by atoms with Gasteiger partial charge < -0.3 is 0 Å². The van der Waals surface area contributed by atoms with Crippen LogP contribution in [0.1, 0.15) is 22.7 Å². The third kappa shape index (κ3) is 3.59.